The molecule has 1 aliphatic carbocycles. The predicted octanol–water partition coefficient (Wildman–Crippen LogP) is 0.543. The Morgan fingerprint density at radius 2 is 2.00 bits per heavy atom. The van der Waals surface area contributed by atoms with Crippen LogP contribution in [0.3, 0.4) is 0 Å². The van der Waals surface area contributed by atoms with E-state index in [0.29, 0.717) is 18.1 Å². The van der Waals surface area contributed by atoms with Gasteiger partial charge in [-0.25, -0.2) is 24.2 Å². The van der Waals surface area contributed by atoms with Gasteiger partial charge in [-0.2, -0.15) is 0 Å². The maximum Gasteiger partial charge on any atom is 0.151 e. The van der Waals surface area contributed by atoms with E-state index in [4.69, 9.17) is 5.84 Å². The third-order valence-electron chi connectivity index (χ3n) is 3.93. The van der Waals surface area contributed by atoms with Crippen LogP contribution in [0.4, 0.5) is 5.82 Å². The van der Waals surface area contributed by atoms with Gasteiger partial charge in [0.15, 0.2) is 9.84 Å². The summed E-state index contributed by atoms with van der Waals surface area (Å²) in [4.78, 5) is 9.04. The van der Waals surface area contributed by atoms with E-state index in [1.165, 1.54) is 0 Å². The highest BCUT2D eigenvalue weighted by Gasteiger charge is 2.32. The van der Waals surface area contributed by atoms with Crippen LogP contribution in [0.1, 0.15) is 42.3 Å². The monoisotopic (exact) mass is 282 g/mol. The Morgan fingerprint density at radius 1 is 1.21 bits per heavy atom. The molecule has 0 saturated carbocycles. The molecule has 3 N–H and O–H groups in total. The first-order valence-corrected chi connectivity index (χ1v) is 8.48. The second-order valence-corrected chi connectivity index (χ2v) is 7.54. The van der Waals surface area contributed by atoms with E-state index in [1.807, 2.05) is 0 Å². The summed E-state index contributed by atoms with van der Waals surface area (Å²) in [6.45, 7) is 0. The van der Waals surface area contributed by atoms with E-state index in [9.17, 15) is 8.42 Å². The van der Waals surface area contributed by atoms with E-state index in [1.54, 1.807) is 0 Å². The normalized spacial score (nSPS) is 25.0. The zero-order valence-corrected chi connectivity index (χ0v) is 11.5. The number of aromatic nitrogens is 2. The van der Waals surface area contributed by atoms with Crippen molar-refractivity contribution in [2.75, 3.05) is 16.9 Å². The highest BCUT2D eigenvalue weighted by molar-refractivity contribution is 7.91. The van der Waals surface area contributed by atoms with E-state index < -0.39 is 9.84 Å². The molecular formula is C12H18N4O2S. The average Bonchev–Trinajstić information content (AvgIpc) is 2.78. The fraction of sp³-hybridized carbons (Fsp3) is 0.667. The number of nitrogens with zero attached hydrogens (tertiary/aromatic N) is 2. The van der Waals surface area contributed by atoms with Crippen molar-refractivity contribution < 1.29 is 8.42 Å². The molecule has 1 aliphatic heterocycles. The van der Waals surface area contributed by atoms with Crippen molar-refractivity contribution in [2.24, 2.45) is 5.84 Å². The molecule has 2 heterocycles. The van der Waals surface area contributed by atoms with Crippen molar-refractivity contribution in [1.29, 1.82) is 0 Å². The number of anilines is 1. The summed E-state index contributed by atoms with van der Waals surface area (Å²) in [7, 11) is -2.92. The first kappa shape index (κ1) is 12.8. The highest BCUT2D eigenvalue weighted by Crippen LogP contribution is 2.31. The quantitative estimate of drug-likeness (QED) is 0.607. The Balaban J connectivity index is 1.99. The molecule has 0 spiro atoms. The Hall–Kier alpha value is -1.21. The van der Waals surface area contributed by atoms with Gasteiger partial charge in [0.05, 0.1) is 11.5 Å². The fourth-order valence-electron chi connectivity index (χ4n) is 2.91. The molecule has 0 amide bonds. The van der Waals surface area contributed by atoms with Crippen molar-refractivity contribution in [3.8, 4) is 0 Å². The van der Waals surface area contributed by atoms with Crippen LogP contribution in [0.2, 0.25) is 0 Å². The molecule has 1 fully saturated rings. The lowest BCUT2D eigenvalue weighted by Gasteiger charge is -2.20. The highest BCUT2D eigenvalue weighted by atomic mass is 32.2. The smallest absolute Gasteiger partial charge is 0.151 e. The molecule has 19 heavy (non-hydrogen) atoms. The van der Waals surface area contributed by atoms with Crippen LogP contribution in [-0.2, 0) is 22.7 Å². The minimum Gasteiger partial charge on any atom is -0.308 e. The molecule has 0 aromatic carbocycles. The molecule has 0 bridgehead atoms. The maximum absolute atomic E-state index is 11.6. The number of nitrogens with two attached hydrogens (primary N) is 1. The molecule has 3 rings (SSSR count). The number of fused-ring (bicyclic) bond motifs is 1. The van der Waals surface area contributed by atoms with E-state index in [-0.39, 0.29) is 17.4 Å². The van der Waals surface area contributed by atoms with Crippen molar-refractivity contribution in [1.82, 2.24) is 9.97 Å². The van der Waals surface area contributed by atoms with Crippen LogP contribution in [0.5, 0.6) is 0 Å². The Bertz CT molecular complexity index is 583. The summed E-state index contributed by atoms with van der Waals surface area (Å²) in [5, 5.41) is 0. The van der Waals surface area contributed by atoms with Crippen molar-refractivity contribution >= 4 is 15.7 Å². The van der Waals surface area contributed by atoms with Crippen molar-refractivity contribution in [3.05, 3.63) is 17.1 Å². The van der Waals surface area contributed by atoms with E-state index >= 15 is 0 Å². The molecule has 1 aromatic rings. The summed E-state index contributed by atoms with van der Waals surface area (Å²) >= 11 is 0. The molecule has 1 unspecified atom stereocenters. The van der Waals surface area contributed by atoms with Crippen LogP contribution in [0.15, 0.2) is 0 Å². The summed E-state index contributed by atoms with van der Waals surface area (Å²) in [6, 6.07) is 0. The van der Waals surface area contributed by atoms with Gasteiger partial charge in [-0.3, -0.25) is 0 Å². The van der Waals surface area contributed by atoms with Crippen molar-refractivity contribution in [3.63, 3.8) is 0 Å². The molecule has 1 aromatic heterocycles. The van der Waals surface area contributed by atoms with Gasteiger partial charge in [0.2, 0.25) is 0 Å². The molecular weight excluding hydrogens is 264 g/mol. The second kappa shape index (κ2) is 4.72. The van der Waals surface area contributed by atoms with Crippen LogP contribution in [0.25, 0.3) is 0 Å². The number of nitrogens with one attached hydrogen (secondary N) is 1. The van der Waals surface area contributed by atoms with E-state index in [0.717, 1.165) is 36.9 Å². The molecule has 104 valence electrons. The summed E-state index contributed by atoms with van der Waals surface area (Å²) in [5.41, 5.74) is 4.77. The topological polar surface area (TPSA) is 98.0 Å². The van der Waals surface area contributed by atoms with Gasteiger partial charge in [-0.15, -0.1) is 0 Å². The lowest BCUT2D eigenvalue weighted by molar-refractivity contribution is 0.600. The minimum absolute atomic E-state index is 0.0793. The van der Waals surface area contributed by atoms with Gasteiger partial charge >= 0.3 is 0 Å². The third-order valence-corrected chi connectivity index (χ3v) is 5.70. The van der Waals surface area contributed by atoms with Crippen LogP contribution < -0.4 is 11.3 Å². The lowest BCUT2D eigenvalue weighted by Crippen LogP contribution is -2.19. The molecule has 2 aliphatic rings. The number of hydrazine groups is 1. The zero-order chi connectivity index (χ0) is 13.5. The predicted molar refractivity (Wildman–Crippen MR) is 72.5 cm³/mol. The van der Waals surface area contributed by atoms with Gasteiger partial charge in [0.1, 0.15) is 11.6 Å². The van der Waals surface area contributed by atoms with E-state index in [2.05, 4.69) is 15.4 Å². The Labute approximate surface area is 112 Å². The Morgan fingerprint density at radius 3 is 2.68 bits per heavy atom. The summed E-state index contributed by atoms with van der Waals surface area (Å²) in [6.07, 6.45) is 4.74. The van der Waals surface area contributed by atoms with Gasteiger partial charge < -0.3 is 5.43 Å². The van der Waals surface area contributed by atoms with Gasteiger partial charge in [0, 0.05) is 17.2 Å². The fourth-order valence-corrected chi connectivity index (χ4v) is 4.65. The largest absolute Gasteiger partial charge is 0.308 e. The number of aryl methyl sites for hydroxylation is 1. The lowest BCUT2D eigenvalue weighted by atomic mass is 9.96. The molecule has 6 nitrogen and oxygen atoms in total. The Kier molecular flexibility index (Phi) is 3.18. The maximum atomic E-state index is 11.6. The van der Waals surface area contributed by atoms with Gasteiger partial charge in [0.25, 0.3) is 0 Å². The second-order valence-electron chi connectivity index (χ2n) is 5.31. The number of hydrogen-bond donors (Lipinski definition) is 2. The molecule has 1 atom stereocenters. The SMILES string of the molecule is NNc1nc(C2CCS(=O)(=O)C2)nc2c1CCCC2. The first-order valence-electron chi connectivity index (χ1n) is 6.66. The van der Waals surface area contributed by atoms with Crippen molar-refractivity contribution in [2.45, 2.75) is 38.0 Å². The van der Waals surface area contributed by atoms with Crippen LogP contribution in [0, 0.1) is 0 Å². The van der Waals surface area contributed by atoms with Gasteiger partial charge in [-0.1, -0.05) is 0 Å². The first-order chi connectivity index (χ1) is 9.09. The number of hydrogen-bond acceptors (Lipinski definition) is 6. The molecule has 7 heteroatoms. The summed E-state index contributed by atoms with van der Waals surface area (Å²) in [5.74, 6) is 7.16. The number of rotatable bonds is 2. The zero-order valence-electron chi connectivity index (χ0n) is 10.7. The van der Waals surface area contributed by atoms with Crippen LogP contribution >= 0.6 is 0 Å². The number of nitrogen functional groups attached to an aromatic ring is 1. The molecule has 0 radical (unpaired) electrons. The summed E-state index contributed by atoms with van der Waals surface area (Å²) < 4.78 is 23.1. The minimum atomic E-state index is -2.92. The van der Waals surface area contributed by atoms with Crippen LogP contribution in [-0.4, -0.2) is 29.9 Å². The third kappa shape index (κ3) is 2.44. The van der Waals surface area contributed by atoms with Gasteiger partial charge in [-0.05, 0) is 32.1 Å². The number of sulfone groups is 1. The molecule has 1 saturated heterocycles. The standard InChI is InChI=1S/C12H18N4O2S/c13-16-12-9-3-1-2-4-10(9)14-11(15-12)8-5-6-19(17,18)7-8/h8H,1-7,13H2,(H,14,15,16). The average molecular weight is 282 g/mol.